The number of nitrogens with one attached hydrogen (secondary N) is 1. The predicted molar refractivity (Wildman–Crippen MR) is 122 cm³/mol. The number of carbonyl (C=O) groups is 2. The third-order valence-electron chi connectivity index (χ3n) is 5.51. The van der Waals surface area contributed by atoms with Crippen LogP contribution in [0.5, 0.6) is 0 Å². The van der Waals surface area contributed by atoms with Crippen LogP contribution in [0.3, 0.4) is 0 Å². The third kappa shape index (κ3) is 5.18. The van der Waals surface area contributed by atoms with Gasteiger partial charge >= 0.3 is 0 Å². The zero-order valence-electron chi connectivity index (χ0n) is 16.8. The molecule has 1 aliphatic rings. The summed E-state index contributed by atoms with van der Waals surface area (Å²) in [4.78, 5) is 30.8. The molecule has 1 atom stereocenters. The number of thiophene rings is 2. The van der Waals surface area contributed by atoms with Crippen LogP contribution in [0.15, 0.2) is 65.4 Å². The van der Waals surface area contributed by atoms with Gasteiger partial charge in [-0.25, -0.2) is 0 Å². The minimum absolute atomic E-state index is 0.0266. The van der Waals surface area contributed by atoms with Gasteiger partial charge in [-0.3, -0.25) is 9.59 Å². The number of nitrogens with zero attached hydrogens (tertiary/aromatic N) is 1. The fourth-order valence-electron chi connectivity index (χ4n) is 4.02. The molecule has 4 rings (SSSR count). The number of rotatable bonds is 8. The lowest BCUT2D eigenvalue weighted by molar-refractivity contribution is -0.141. The monoisotopic (exact) mass is 438 g/mol. The summed E-state index contributed by atoms with van der Waals surface area (Å²) in [5.74, 6) is -0.106. The lowest BCUT2D eigenvalue weighted by atomic mass is 10.0. The van der Waals surface area contributed by atoms with E-state index in [2.05, 4.69) is 5.32 Å². The molecule has 2 amide bonds. The van der Waals surface area contributed by atoms with E-state index >= 15 is 0 Å². The Hall–Kier alpha value is -2.44. The second-order valence-corrected chi connectivity index (χ2v) is 9.72. The summed E-state index contributed by atoms with van der Waals surface area (Å²) < 4.78 is 0. The van der Waals surface area contributed by atoms with Gasteiger partial charge < -0.3 is 10.2 Å². The topological polar surface area (TPSA) is 49.4 Å². The average molecular weight is 439 g/mol. The molecule has 156 valence electrons. The van der Waals surface area contributed by atoms with Crippen molar-refractivity contribution >= 4 is 34.5 Å². The molecule has 0 spiro atoms. The Bertz CT molecular complexity index is 933. The van der Waals surface area contributed by atoms with E-state index in [1.54, 1.807) is 27.6 Å². The molecule has 3 aromatic rings. The highest BCUT2D eigenvalue weighted by molar-refractivity contribution is 7.10. The normalized spacial score (nSPS) is 15.1. The van der Waals surface area contributed by atoms with Gasteiger partial charge in [0.2, 0.25) is 11.8 Å². The van der Waals surface area contributed by atoms with Gasteiger partial charge in [-0.2, -0.15) is 0 Å². The van der Waals surface area contributed by atoms with Crippen molar-refractivity contribution < 1.29 is 9.59 Å². The van der Waals surface area contributed by atoms with Gasteiger partial charge in [0.15, 0.2) is 0 Å². The van der Waals surface area contributed by atoms with Crippen molar-refractivity contribution in [2.45, 2.75) is 50.7 Å². The Labute approximate surface area is 185 Å². The Morgan fingerprint density at radius 1 is 0.933 bits per heavy atom. The molecule has 30 heavy (non-hydrogen) atoms. The number of benzene rings is 1. The molecule has 0 bridgehead atoms. The molecule has 1 aliphatic carbocycles. The molecule has 1 N–H and O–H groups in total. The van der Waals surface area contributed by atoms with E-state index in [-0.39, 0.29) is 17.9 Å². The standard InChI is InChI=1S/C24H26N2O2S2/c27-22(16-20-12-6-14-29-20)26(17-21-13-7-15-30-21)23(18-8-2-1-3-9-18)24(28)25-19-10-4-5-11-19/h1-3,6-9,12-15,19,23H,4-5,10-11,16-17H2,(H,25,28)/t23-/m0/s1. The van der Waals surface area contributed by atoms with Gasteiger partial charge in [-0.1, -0.05) is 55.3 Å². The maximum atomic E-state index is 13.5. The van der Waals surface area contributed by atoms with Crippen LogP contribution in [0.1, 0.15) is 47.0 Å². The van der Waals surface area contributed by atoms with Gasteiger partial charge in [0.1, 0.15) is 6.04 Å². The Kier molecular flexibility index (Phi) is 6.97. The lowest BCUT2D eigenvalue weighted by Crippen LogP contribution is -2.46. The fraction of sp³-hybridized carbons (Fsp3) is 0.333. The van der Waals surface area contributed by atoms with Crippen molar-refractivity contribution in [1.29, 1.82) is 0 Å². The first kappa shape index (κ1) is 20.8. The summed E-state index contributed by atoms with van der Waals surface area (Å²) in [6, 6.07) is 17.2. The molecular formula is C24H26N2O2S2. The summed E-state index contributed by atoms with van der Waals surface area (Å²) in [6.07, 6.45) is 4.64. The smallest absolute Gasteiger partial charge is 0.247 e. The maximum absolute atomic E-state index is 13.5. The van der Waals surface area contributed by atoms with Gasteiger partial charge in [0.25, 0.3) is 0 Å². The SMILES string of the molecule is O=C(NC1CCCC1)[C@H](c1ccccc1)N(Cc1cccs1)C(=O)Cc1cccs1. The summed E-state index contributed by atoms with van der Waals surface area (Å²) >= 11 is 3.18. The zero-order valence-corrected chi connectivity index (χ0v) is 18.5. The maximum Gasteiger partial charge on any atom is 0.247 e. The second kappa shape index (κ2) is 10.0. The van der Waals surface area contributed by atoms with E-state index < -0.39 is 6.04 Å². The van der Waals surface area contributed by atoms with Gasteiger partial charge in [-0.05, 0) is 41.3 Å². The molecule has 4 nitrogen and oxygen atoms in total. The van der Waals surface area contributed by atoms with Gasteiger partial charge in [-0.15, -0.1) is 22.7 Å². The molecule has 1 saturated carbocycles. The molecule has 2 heterocycles. The minimum atomic E-state index is -0.638. The highest BCUT2D eigenvalue weighted by atomic mass is 32.1. The second-order valence-electron chi connectivity index (χ2n) is 7.66. The molecule has 1 aromatic carbocycles. The molecule has 1 fully saturated rings. The van der Waals surface area contributed by atoms with E-state index in [1.165, 1.54) is 0 Å². The van der Waals surface area contributed by atoms with Crippen molar-refractivity contribution in [3.63, 3.8) is 0 Å². The Balaban J connectivity index is 1.65. The number of hydrogen-bond donors (Lipinski definition) is 1. The van der Waals surface area contributed by atoms with Gasteiger partial charge in [0, 0.05) is 15.8 Å². The highest BCUT2D eigenvalue weighted by Gasteiger charge is 2.33. The van der Waals surface area contributed by atoms with Crippen molar-refractivity contribution in [2.24, 2.45) is 0 Å². The van der Waals surface area contributed by atoms with Crippen LogP contribution in [-0.4, -0.2) is 22.8 Å². The van der Waals surface area contributed by atoms with E-state index in [0.29, 0.717) is 13.0 Å². The van der Waals surface area contributed by atoms with Crippen LogP contribution in [0.25, 0.3) is 0 Å². The van der Waals surface area contributed by atoms with Crippen LogP contribution < -0.4 is 5.32 Å². The summed E-state index contributed by atoms with van der Waals surface area (Å²) in [5, 5.41) is 7.21. The Morgan fingerprint density at radius 2 is 1.60 bits per heavy atom. The van der Waals surface area contributed by atoms with E-state index in [9.17, 15) is 9.59 Å². The largest absolute Gasteiger partial charge is 0.351 e. The summed E-state index contributed by atoms with van der Waals surface area (Å²) in [5.41, 5.74) is 0.851. The highest BCUT2D eigenvalue weighted by Crippen LogP contribution is 2.28. The Morgan fingerprint density at radius 3 is 2.23 bits per heavy atom. The zero-order chi connectivity index (χ0) is 20.8. The van der Waals surface area contributed by atoms with Crippen molar-refractivity contribution in [2.75, 3.05) is 0 Å². The molecule has 0 aliphatic heterocycles. The number of amides is 2. The first-order valence-corrected chi connectivity index (χ1v) is 12.2. The molecule has 6 heteroatoms. The summed E-state index contributed by atoms with van der Waals surface area (Å²) in [7, 11) is 0. The van der Waals surface area contributed by atoms with Crippen LogP contribution in [0, 0.1) is 0 Å². The molecule has 0 radical (unpaired) electrons. The average Bonchev–Trinajstić information content (AvgIpc) is 3.52. The molecular weight excluding hydrogens is 412 g/mol. The molecule has 0 saturated heterocycles. The fourth-order valence-corrected chi connectivity index (χ4v) is 5.41. The lowest BCUT2D eigenvalue weighted by Gasteiger charge is -2.32. The van der Waals surface area contributed by atoms with E-state index in [4.69, 9.17) is 0 Å². The number of carbonyl (C=O) groups excluding carboxylic acids is 2. The quantitative estimate of drug-likeness (QED) is 0.527. The number of hydrogen-bond acceptors (Lipinski definition) is 4. The van der Waals surface area contributed by atoms with Crippen LogP contribution in [-0.2, 0) is 22.6 Å². The summed E-state index contributed by atoms with van der Waals surface area (Å²) in [6.45, 7) is 0.430. The van der Waals surface area contributed by atoms with Crippen LogP contribution in [0.2, 0.25) is 0 Å². The van der Waals surface area contributed by atoms with Crippen molar-refractivity contribution in [3.8, 4) is 0 Å². The van der Waals surface area contributed by atoms with Crippen molar-refractivity contribution in [1.82, 2.24) is 10.2 Å². The first-order valence-electron chi connectivity index (χ1n) is 10.4. The van der Waals surface area contributed by atoms with Gasteiger partial charge in [0.05, 0.1) is 13.0 Å². The van der Waals surface area contributed by atoms with Crippen LogP contribution in [0.4, 0.5) is 0 Å². The van der Waals surface area contributed by atoms with E-state index in [0.717, 1.165) is 41.0 Å². The predicted octanol–water partition coefficient (Wildman–Crippen LogP) is 5.18. The minimum Gasteiger partial charge on any atom is -0.351 e. The third-order valence-corrected chi connectivity index (χ3v) is 7.25. The van der Waals surface area contributed by atoms with Crippen molar-refractivity contribution in [3.05, 3.63) is 80.7 Å². The van der Waals surface area contributed by atoms with E-state index in [1.807, 2.05) is 65.4 Å². The first-order chi connectivity index (χ1) is 14.7. The molecule has 2 aromatic heterocycles. The molecule has 0 unspecified atom stereocenters. The van der Waals surface area contributed by atoms with Crippen LogP contribution >= 0.6 is 22.7 Å².